The third-order valence-corrected chi connectivity index (χ3v) is 4.03. The van der Waals surface area contributed by atoms with Crippen molar-refractivity contribution in [1.29, 1.82) is 0 Å². The average Bonchev–Trinajstić information content (AvgIpc) is 3.04. The fourth-order valence-corrected chi connectivity index (χ4v) is 2.50. The molecule has 2 rings (SSSR count). The van der Waals surface area contributed by atoms with Gasteiger partial charge >= 0.3 is 0 Å². The van der Waals surface area contributed by atoms with Crippen molar-refractivity contribution in [1.82, 2.24) is 5.32 Å². The molecule has 0 saturated heterocycles. The number of ether oxygens (including phenoxy) is 1. The first-order valence-electron chi connectivity index (χ1n) is 6.47. The Morgan fingerprint density at radius 2 is 2.00 bits per heavy atom. The molecule has 2 nitrogen and oxygen atoms in total. The summed E-state index contributed by atoms with van der Waals surface area (Å²) in [7, 11) is 1.80. The van der Waals surface area contributed by atoms with Crippen LogP contribution in [0.5, 0.6) is 0 Å². The summed E-state index contributed by atoms with van der Waals surface area (Å²) in [5.74, 6) is 0.987. The van der Waals surface area contributed by atoms with Crippen molar-refractivity contribution < 1.29 is 4.74 Å². The molecule has 2 fully saturated rings. The van der Waals surface area contributed by atoms with Crippen LogP contribution in [-0.2, 0) is 4.74 Å². The highest BCUT2D eigenvalue weighted by Crippen LogP contribution is 2.48. The Kier molecular flexibility index (Phi) is 3.68. The topological polar surface area (TPSA) is 21.3 Å². The summed E-state index contributed by atoms with van der Waals surface area (Å²) in [4.78, 5) is 0. The Bertz CT molecular complexity index is 199. The minimum atomic E-state index is 0.543. The second-order valence-corrected chi connectivity index (χ2v) is 5.68. The number of hydrogen-bond acceptors (Lipinski definition) is 2. The zero-order valence-corrected chi connectivity index (χ0v) is 10.2. The lowest BCUT2D eigenvalue weighted by molar-refractivity contribution is 0.158. The zero-order valence-electron chi connectivity index (χ0n) is 10.2. The second kappa shape index (κ2) is 4.84. The molecule has 0 amide bonds. The van der Waals surface area contributed by atoms with Crippen molar-refractivity contribution in [3.8, 4) is 0 Å². The summed E-state index contributed by atoms with van der Waals surface area (Å²) in [5.41, 5.74) is 0.543. The molecule has 2 heteroatoms. The highest BCUT2D eigenvalue weighted by molar-refractivity contribution is 4.94. The van der Waals surface area contributed by atoms with E-state index in [0.29, 0.717) is 5.41 Å². The number of hydrogen-bond donors (Lipinski definition) is 1. The Morgan fingerprint density at radius 1 is 1.27 bits per heavy atom. The first-order valence-corrected chi connectivity index (χ1v) is 6.47. The summed E-state index contributed by atoms with van der Waals surface area (Å²) in [6.45, 7) is 4.62. The largest absolute Gasteiger partial charge is 0.385 e. The van der Waals surface area contributed by atoms with E-state index >= 15 is 0 Å². The quantitative estimate of drug-likeness (QED) is 0.623. The molecular formula is C13H25NO. The first-order chi connectivity index (χ1) is 7.24. The Morgan fingerprint density at radius 3 is 2.53 bits per heavy atom. The van der Waals surface area contributed by atoms with Crippen LogP contribution in [0, 0.1) is 11.3 Å². The summed E-state index contributed by atoms with van der Waals surface area (Å²) in [5, 5.41) is 3.70. The van der Waals surface area contributed by atoms with Crippen molar-refractivity contribution in [3.05, 3.63) is 0 Å². The maximum atomic E-state index is 5.15. The van der Waals surface area contributed by atoms with Gasteiger partial charge in [-0.1, -0.05) is 6.92 Å². The number of rotatable bonds is 8. The standard InChI is InChI=1S/C13H25NO/c1-13(11-4-5-11,8-3-9-15-2)10-14-12-6-7-12/h11-12,14H,3-10H2,1-2H3. The fourth-order valence-electron chi connectivity index (χ4n) is 2.50. The smallest absolute Gasteiger partial charge is 0.0462 e. The minimum absolute atomic E-state index is 0.543. The molecule has 0 aromatic carbocycles. The van der Waals surface area contributed by atoms with Crippen LogP contribution >= 0.6 is 0 Å². The lowest BCUT2D eigenvalue weighted by Crippen LogP contribution is -2.35. The van der Waals surface area contributed by atoms with E-state index < -0.39 is 0 Å². The molecule has 0 aromatic heterocycles. The minimum Gasteiger partial charge on any atom is -0.385 e. The molecule has 2 aliphatic carbocycles. The molecule has 0 heterocycles. The maximum Gasteiger partial charge on any atom is 0.0462 e. The highest BCUT2D eigenvalue weighted by atomic mass is 16.5. The Balaban J connectivity index is 1.73. The Labute approximate surface area is 93.8 Å². The third kappa shape index (κ3) is 3.46. The molecule has 0 bridgehead atoms. The van der Waals surface area contributed by atoms with Crippen LogP contribution in [0.2, 0.25) is 0 Å². The van der Waals surface area contributed by atoms with Gasteiger partial charge in [0.25, 0.3) is 0 Å². The van der Waals surface area contributed by atoms with Crippen molar-refractivity contribution in [2.24, 2.45) is 11.3 Å². The van der Waals surface area contributed by atoms with E-state index in [2.05, 4.69) is 12.2 Å². The van der Waals surface area contributed by atoms with Gasteiger partial charge in [0.1, 0.15) is 0 Å². The van der Waals surface area contributed by atoms with Crippen LogP contribution < -0.4 is 5.32 Å². The van der Waals surface area contributed by atoms with Gasteiger partial charge in [0.15, 0.2) is 0 Å². The van der Waals surface area contributed by atoms with E-state index in [0.717, 1.165) is 18.6 Å². The monoisotopic (exact) mass is 211 g/mol. The fraction of sp³-hybridized carbons (Fsp3) is 1.00. The molecule has 88 valence electrons. The van der Waals surface area contributed by atoms with Crippen LogP contribution in [0.4, 0.5) is 0 Å². The van der Waals surface area contributed by atoms with E-state index in [9.17, 15) is 0 Å². The molecule has 1 atom stereocenters. The van der Waals surface area contributed by atoms with Gasteiger partial charge < -0.3 is 10.1 Å². The predicted octanol–water partition coefficient (Wildman–Crippen LogP) is 2.58. The molecule has 15 heavy (non-hydrogen) atoms. The van der Waals surface area contributed by atoms with Gasteiger partial charge in [-0.2, -0.15) is 0 Å². The molecule has 0 aliphatic heterocycles. The highest BCUT2D eigenvalue weighted by Gasteiger charge is 2.41. The van der Waals surface area contributed by atoms with Gasteiger partial charge in [-0.05, 0) is 49.9 Å². The Hall–Kier alpha value is -0.0800. The summed E-state index contributed by atoms with van der Waals surface area (Å²) in [6, 6.07) is 0.852. The predicted molar refractivity (Wildman–Crippen MR) is 63.0 cm³/mol. The van der Waals surface area contributed by atoms with Crippen LogP contribution in [0.15, 0.2) is 0 Å². The van der Waals surface area contributed by atoms with E-state index in [-0.39, 0.29) is 0 Å². The molecule has 0 radical (unpaired) electrons. The molecular weight excluding hydrogens is 186 g/mol. The summed E-state index contributed by atoms with van der Waals surface area (Å²) < 4.78 is 5.15. The van der Waals surface area contributed by atoms with Crippen molar-refractivity contribution in [2.45, 2.75) is 51.5 Å². The normalized spacial score (nSPS) is 25.2. The zero-order chi connectivity index (χ0) is 10.7. The maximum absolute atomic E-state index is 5.15. The first kappa shape index (κ1) is 11.4. The third-order valence-electron chi connectivity index (χ3n) is 4.03. The van der Waals surface area contributed by atoms with Gasteiger partial charge in [0.05, 0.1) is 0 Å². The van der Waals surface area contributed by atoms with Gasteiger partial charge in [-0.25, -0.2) is 0 Å². The average molecular weight is 211 g/mol. The van der Waals surface area contributed by atoms with E-state index in [4.69, 9.17) is 4.74 Å². The van der Waals surface area contributed by atoms with Crippen molar-refractivity contribution in [3.63, 3.8) is 0 Å². The van der Waals surface area contributed by atoms with Crippen molar-refractivity contribution in [2.75, 3.05) is 20.3 Å². The summed E-state index contributed by atoms with van der Waals surface area (Å²) >= 11 is 0. The van der Waals surface area contributed by atoms with Crippen LogP contribution in [-0.4, -0.2) is 26.3 Å². The SMILES string of the molecule is COCCCC(C)(CNC1CC1)C1CC1. The molecule has 2 saturated carbocycles. The molecule has 1 unspecified atom stereocenters. The molecule has 0 aromatic rings. The van der Waals surface area contributed by atoms with Gasteiger partial charge in [0.2, 0.25) is 0 Å². The van der Waals surface area contributed by atoms with Crippen LogP contribution in [0.3, 0.4) is 0 Å². The van der Waals surface area contributed by atoms with Crippen molar-refractivity contribution >= 4 is 0 Å². The van der Waals surface area contributed by atoms with E-state index in [1.165, 1.54) is 45.1 Å². The number of methoxy groups -OCH3 is 1. The second-order valence-electron chi connectivity index (χ2n) is 5.68. The molecule has 1 N–H and O–H groups in total. The molecule has 2 aliphatic rings. The van der Waals surface area contributed by atoms with E-state index in [1.807, 2.05) is 0 Å². The van der Waals surface area contributed by atoms with Crippen LogP contribution in [0.25, 0.3) is 0 Å². The lowest BCUT2D eigenvalue weighted by Gasteiger charge is -2.30. The van der Waals surface area contributed by atoms with Gasteiger partial charge in [-0.15, -0.1) is 0 Å². The lowest BCUT2D eigenvalue weighted by atomic mass is 9.80. The summed E-state index contributed by atoms with van der Waals surface area (Å²) in [6.07, 6.45) is 8.25. The van der Waals surface area contributed by atoms with Crippen LogP contribution in [0.1, 0.15) is 45.4 Å². The van der Waals surface area contributed by atoms with Gasteiger partial charge in [0, 0.05) is 26.3 Å². The van der Waals surface area contributed by atoms with Gasteiger partial charge in [-0.3, -0.25) is 0 Å². The van der Waals surface area contributed by atoms with E-state index in [1.54, 1.807) is 7.11 Å². The number of nitrogens with one attached hydrogen (secondary N) is 1. The molecule has 0 spiro atoms.